The number of nitrogens with one attached hydrogen (secondary N) is 1. The van der Waals surface area contributed by atoms with Gasteiger partial charge in [0.1, 0.15) is 11.4 Å². The van der Waals surface area contributed by atoms with Gasteiger partial charge in [-0.05, 0) is 64.3 Å². The summed E-state index contributed by atoms with van der Waals surface area (Å²) in [4.78, 5) is 47.9. The highest BCUT2D eigenvalue weighted by Gasteiger charge is 2.26. The lowest BCUT2D eigenvalue weighted by molar-refractivity contribution is 0.0240. The summed E-state index contributed by atoms with van der Waals surface area (Å²) >= 11 is 0. The topological polar surface area (TPSA) is 105 Å². The van der Waals surface area contributed by atoms with E-state index in [1.807, 2.05) is 20.8 Å². The average molecular weight is 445 g/mol. The minimum atomic E-state index is -0.523. The third kappa shape index (κ3) is 6.06. The molecule has 1 N–H and O–H groups in total. The average Bonchev–Trinajstić information content (AvgIpc) is 2.71. The van der Waals surface area contributed by atoms with Gasteiger partial charge >= 0.3 is 12.1 Å². The van der Waals surface area contributed by atoms with E-state index in [2.05, 4.69) is 14.9 Å². The molecule has 1 aromatic heterocycles. The van der Waals surface area contributed by atoms with Crippen LogP contribution in [0.1, 0.15) is 49.8 Å². The van der Waals surface area contributed by atoms with Crippen molar-refractivity contribution in [3.05, 3.63) is 39.9 Å². The molecule has 0 spiro atoms. The number of H-pyrrole nitrogens is 1. The summed E-state index contributed by atoms with van der Waals surface area (Å²) in [7, 11) is 3.07. The monoisotopic (exact) mass is 444 g/mol. The molecule has 2 aromatic rings. The van der Waals surface area contributed by atoms with Gasteiger partial charge in [0.25, 0.3) is 5.56 Å². The Morgan fingerprint density at radius 3 is 2.75 bits per heavy atom. The Morgan fingerprint density at radius 1 is 1.31 bits per heavy atom. The van der Waals surface area contributed by atoms with Crippen LogP contribution in [0, 0.1) is 5.92 Å². The van der Waals surface area contributed by atoms with Gasteiger partial charge in [-0.3, -0.25) is 9.69 Å². The summed E-state index contributed by atoms with van der Waals surface area (Å²) in [5.41, 5.74) is 0.0578. The number of benzene rings is 1. The fourth-order valence-electron chi connectivity index (χ4n) is 3.97. The maximum absolute atomic E-state index is 12.5. The second kappa shape index (κ2) is 9.68. The third-order valence-electron chi connectivity index (χ3n) is 5.39. The van der Waals surface area contributed by atoms with Gasteiger partial charge in [-0.1, -0.05) is 0 Å². The Kier molecular flexibility index (Phi) is 7.18. The molecule has 9 heteroatoms. The molecule has 3 rings (SSSR count). The zero-order chi connectivity index (χ0) is 23.5. The van der Waals surface area contributed by atoms with Gasteiger partial charge in [0.2, 0.25) is 0 Å². The fraction of sp³-hybridized carbons (Fsp3) is 0.565. The van der Waals surface area contributed by atoms with Crippen LogP contribution >= 0.6 is 0 Å². The maximum atomic E-state index is 12.5. The van der Waals surface area contributed by atoms with Crippen molar-refractivity contribution < 1.29 is 19.1 Å². The number of methoxy groups -OCH3 is 1. The Balaban J connectivity index is 1.68. The van der Waals surface area contributed by atoms with E-state index in [0.29, 0.717) is 41.3 Å². The quantitative estimate of drug-likeness (QED) is 0.707. The van der Waals surface area contributed by atoms with E-state index < -0.39 is 11.6 Å². The van der Waals surface area contributed by atoms with Crippen LogP contribution in [0.3, 0.4) is 0 Å². The van der Waals surface area contributed by atoms with Crippen molar-refractivity contribution in [1.82, 2.24) is 19.8 Å². The van der Waals surface area contributed by atoms with Crippen molar-refractivity contribution in [2.24, 2.45) is 5.92 Å². The molecule has 1 unspecified atom stereocenters. The van der Waals surface area contributed by atoms with Crippen LogP contribution in [0.2, 0.25) is 0 Å². The fourth-order valence-corrected chi connectivity index (χ4v) is 3.97. The number of hydrogen-bond acceptors (Lipinski definition) is 7. The molecule has 1 aliphatic rings. The minimum absolute atomic E-state index is 0.236. The number of amides is 1. The Morgan fingerprint density at radius 2 is 2.06 bits per heavy atom. The lowest BCUT2D eigenvalue weighted by atomic mass is 9.97. The highest BCUT2D eigenvalue weighted by molar-refractivity contribution is 5.93. The third-order valence-corrected chi connectivity index (χ3v) is 5.39. The highest BCUT2D eigenvalue weighted by atomic mass is 16.6. The van der Waals surface area contributed by atoms with E-state index in [4.69, 9.17) is 9.47 Å². The number of hydrogen-bond donors (Lipinski definition) is 1. The Bertz CT molecular complexity index is 1040. The van der Waals surface area contributed by atoms with Crippen molar-refractivity contribution in [2.45, 2.75) is 45.8 Å². The standard InChI is InChI=1S/C23H32N4O5/c1-23(2,3)32-22(30)26(4)12-15-7-6-10-27(13-15)14-19-24-18-11-16(21(29)31-5)8-9-17(18)20(28)25-19/h8-9,11,15H,6-7,10,12-14H2,1-5H3,(H,24,25,28). The molecule has 0 aliphatic carbocycles. The van der Waals surface area contributed by atoms with Crippen molar-refractivity contribution in [1.29, 1.82) is 0 Å². The summed E-state index contributed by atoms with van der Waals surface area (Å²) in [6, 6.07) is 4.72. The van der Waals surface area contributed by atoms with E-state index in [9.17, 15) is 14.4 Å². The number of carbonyl (C=O) groups is 2. The van der Waals surface area contributed by atoms with E-state index in [1.54, 1.807) is 30.1 Å². The Labute approximate surface area is 187 Å². The van der Waals surface area contributed by atoms with Crippen LogP contribution < -0.4 is 5.56 Å². The molecule has 0 saturated carbocycles. The number of rotatable bonds is 5. The summed E-state index contributed by atoms with van der Waals surface area (Å²) in [6.07, 6.45) is 1.70. The van der Waals surface area contributed by atoms with Gasteiger partial charge < -0.3 is 19.4 Å². The predicted octanol–water partition coefficient (Wildman–Crippen LogP) is 2.79. The lowest BCUT2D eigenvalue weighted by Gasteiger charge is -2.34. The number of ether oxygens (including phenoxy) is 2. The van der Waals surface area contributed by atoms with Crippen LogP contribution in [-0.2, 0) is 16.0 Å². The number of fused-ring (bicyclic) bond motifs is 1. The summed E-state index contributed by atoms with van der Waals surface area (Å²) < 4.78 is 10.2. The molecule has 32 heavy (non-hydrogen) atoms. The first-order valence-corrected chi connectivity index (χ1v) is 10.8. The van der Waals surface area contributed by atoms with E-state index in [1.165, 1.54) is 7.11 Å². The van der Waals surface area contributed by atoms with Gasteiger partial charge in [-0.15, -0.1) is 0 Å². The SMILES string of the molecule is COC(=O)c1ccc2c(=O)[nH]c(CN3CCCC(CN(C)C(=O)OC(C)(C)C)C3)nc2c1. The molecule has 174 valence electrons. The van der Waals surface area contributed by atoms with Crippen molar-refractivity contribution in [3.8, 4) is 0 Å². The van der Waals surface area contributed by atoms with Gasteiger partial charge in [0, 0.05) is 20.1 Å². The second-order valence-electron chi connectivity index (χ2n) is 9.34. The minimum Gasteiger partial charge on any atom is -0.465 e. The number of piperidine rings is 1. The van der Waals surface area contributed by atoms with Crippen molar-refractivity contribution in [3.63, 3.8) is 0 Å². The van der Waals surface area contributed by atoms with Crippen molar-refractivity contribution in [2.75, 3.05) is 33.8 Å². The van der Waals surface area contributed by atoms with Crippen LogP contribution in [-0.4, -0.2) is 71.2 Å². The largest absolute Gasteiger partial charge is 0.465 e. The smallest absolute Gasteiger partial charge is 0.410 e. The van der Waals surface area contributed by atoms with Crippen LogP contribution in [0.25, 0.3) is 10.9 Å². The van der Waals surface area contributed by atoms with Crippen LogP contribution in [0.5, 0.6) is 0 Å². The summed E-state index contributed by atoms with van der Waals surface area (Å²) in [5.74, 6) is 0.383. The van der Waals surface area contributed by atoms with Gasteiger partial charge in [0.15, 0.2) is 0 Å². The van der Waals surface area contributed by atoms with Gasteiger partial charge in [0.05, 0.1) is 30.1 Å². The molecule has 9 nitrogen and oxygen atoms in total. The first-order valence-electron chi connectivity index (χ1n) is 10.8. The Hall–Kier alpha value is -2.94. The number of aromatic amines is 1. The van der Waals surface area contributed by atoms with Gasteiger partial charge in [-0.2, -0.15) is 0 Å². The molecular weight excluding hydrogens is 412 g/mol. The van der Waals surface area contributed by atoms with E-state index in [0.717, 1.165) is 25.9 Å². The number of esters is 1. The number of carbonyl (C=O) groups excluding carboxylic acids is 2. The number of nitrogens with zero attached hydrogens (tertiary/aromatic N) is 3. The van der Waals surface area contributed by atoms with E-state index >= 15 is 0 Å². The number of aromatic nitrogens is 2. The summed E-state index contributed by atoms with van der Waals surface area (Å²) in [5, 5.41) is 0.428. The van der Waals surface area contributed by atoms with Crippen LogP contribution in [0.15, 0.2) is 23.0 Å². The molecule has 1 atom stereocenters. The number of likely N-dealkylation sites (tertiary alicyclic amines) is 1. The molecular formula is C23H32N4O5. The normalized spacial score (nSPS) is 17.2. The molecule has 1 fully saturated rings. The molecule has 0 radical (unpaired) electrons. The van der Waals surface area contributed by atoms with Gasteiger partial charge in [-0.25, -0.2) is 14.6 Å². The first-order chi connectivity index (χ1) is 15.1. The van der Waals surface area contributed by atoms with E-state index in [-0.39, 0.29) is 11.7 Å². The van der Waals surface area contributed by atoms with Crippen LogP contribution in [0.4, 0.5) is 4.79 Å². The zero-order valence-corrected chi connectivity index (χ0v) is 19.4. The molecule has 2 heterocycles. The summed E-state index contributed by atoms with van der Waals surface area (Å²) in [6.45, 7) is 8.33. The highest BCUT2D eigenvalue weighted by Crippen LogP contribution is 2.20. The molecule has 1 aliphatic heterocycles. The van der Waals surface area contributed by atoms with Crippen molar-refractivity contribution >= 4 is 23.0 Å². The molecule has 1 saturated heterocycles. The maximum Gasteiger partial charge on any atom is 0.410 e. The molecule has 1 aromatic carbocycles. The molecule has 1 amide bonds. The predicted molar refractivity (Wildman–Crippen MR) is 121 cm³/mol. The first kappa shape index (κ1) is 23.7. The zero-order valence-electron chi connectivity index (χ0n) is 19.4. The lowest BCUT2D eigenvalue weighted by Crippen LogP contribution is -2.43. The second-order valence-corrected chi connectivity index (χ2v) is 9.34. The molecule has 0 bridgehead atoms.